The van der Waals surface area contributed by atoms with Gasteiger partial charge in [-0.15, -0.1) is 0 Å². The summed E-state index contributed by atoms with van der Waals surface area (Å²) in [6.07, 6.45) is 53.1. The number of amides is 4. The molecule has 25 nitrogen and oxygen atoms in total. The van der Waals surface area contributed by atoms with Crippen LogP contribution in [0.2, 0.25) is 0 Å². The number of hydrogen-bond donors (Lipinski definition) is 9. The molecule has 1 rings (SSSR count). The molecule has 4 amide bonds. The molecule has 0 aliphatic rings. The van der Waals surface area contributed by atoms with E-state index in [-0.39, 0.29) is 88.3 Å². The number of nitrogens with one attached hydrogen (secondary N) is 4. The Labute approximate surface area is 706 Å². The molecule has 6 unspecified atom stereocenters. The molecular weight excluding hydrogens is 1530 g/mol. The van der Waals surface area contributed by atoms with Crippen LogP contribution < -0.4 is 21.3 Å². The van der Waals surface area contributed by atoms with E-state index < -0.39 is 108 Å². The van der Waals surface area contributed by atoms with Gasteiger partial charge < -0.3 is 65.3 Å². The van der Waals surface area contributed by atoms with Crippen LogP contribution in [0.5, 0.6) is 5.75 Å². The number of esters is 2. The lowest BCUT2D eigenvalue weighted by molar-refractivity contribution is -0.152. The maximum Gasteiger partial charge on any atom is 0.472 e. The lowest BCUT2D eigenvalue weighted by Gasteiger charge is -2.23. The van der Waals surface area contributed by atoms with E-state index in [4.69, 9.17) is 37.0 Å². The van der Waals surface area contributed by atoms with E-state index in [9.17, 15) is 63.0 Å². The van der Waals surface area contributed by atoms with E-state index in [1.165, 1.54) is 96.0 Å². The van der Waals surface area contributed by atoms with Gasteiger partial charge in [-0.1, -0.05) is 271 Å². The van der Waals surface area contributed by atoms with Gasteiger partial charge in [-0.2, -0.15) is 0 Å². The van der Waals surface area contributed by atoms with Gasteiger partial charge in [-0.05, 0) is 121 Å². The Hall–Kier alpha value is -4.62. The number of ether oxygens (including phenoxy) is 4. The summed E-state index contributed by atoms with van der Waals surface area (Å²) >= 11 is 0. The Balaban J connectivity index is 3.09. The molecule has 0 aliphatic heterocycles. The number of aliphatic hydroxyl groups is 2. The number of carbonyl (C=O) groups is 6. The lowest BCUT2D eigenvalue weighted by Crippen LogP contribution is -2.43. The van der Waals surface area contributed by atoms with Crippen LogP contribution >= 0.6 is 15.6 Å². The van der Waals surface area contributed by atoms with Crippen molar-refractivity contribution in [2.45, 2.75) is 412 Å². The van der Waals surface area contributed by atoms with Gasteiger partial charge in [0, 0.05) is 50.3 Å². The van der Waals surface area contributed by atoms with Crippen molar-refractivity contribution in [1.82, 2.24) is 21.3 Å². The predicted molar refractivity (Wildman–Crippen MR) is 466 cm³/mol. The maximum absolute atomic E-state index is 13.9. The summed E-state index contributed by atoms with van der Waals surface area (Å²) in [5, 5.41) is 42.6. The first-order chi connectivity index (χ1) is 56.6. The largest absolute Gasteiger partial charge is 0.508 e. The van der Waals surface area contributed by atoms with Gasteiger partial charge in [0.25, 0.3) is 11.8 Å². The Kier molecular flexibility index (Phi) is 72.0. The van der Waals surface area contributed by atoms with Gasteiger partial charge in [0.1, 0.15) is 18.0 Å². The smallest absolute Gasteiger partial charge is 0.472 e. The molecule has 0 spiro atoms. The molecule has 8 atom stereocenters. The molecule has 0 heterocycles. The van der Waals surface area contributed by atoms with Gasteiger partial charge in [0.2, 0.25) is 11.8 Å². The van der Waals surface area contributed by atoms with E-state index >= 15 is 0 Å². The second-order valence-corrected chi connectivity index (χ2v) is 34.6. The summed E-state index contributed by atoms with van der Waals surface area (Å²) in [5.41, 5.74) is -0.352. The number of unbranched alkanes of at least 4 members (excludes halogenated alkanes) is 34. The Morgan fingerprint density at radius 2 is 0.667 bits per heavy atom. The second-order valence-electron chi connectivity index (χ2n) is 31.7. The van der Waals surface area contributed by atoms with Crippen molar-refractivity contribution in [3.8, 4) is 5.75 Å². The topological polar surface area (TPSA) is 360 Å². The minimum absolute atomic E-state index is 0.133. The molecule has 0 aromatic heterocycles. The number of aliphatic hydroxyl groups excluding tert-OH is 2. The summed E-state index contributed by atoms with van der Waals surface area (Å²) in [6.45, 7) is 10.1. The third kappa shape index (κ3) is 68.6. The van der Waals surface area contributed by atoms with Crippen molar-refractivity contribution >= 4 is 51.2 Å². The van der Waals surface area contributed by atoms with E-state index in [2.05, 4.69) is 87.1 Å². The number of aromatic hydroxyl groups is 1. The zero-order valence-corrected chi connectivity index (χ0v) is 75.3. The number of allylic oxidation sites excluding steroid dienone is 4. The summed E-state index contributed by atoms with van der Waals surface area (Å²) in [4.78, 5) is 103. The standard InChI is InChI=1S/C90H164N4O21P2/c1-7-13-19-25-29-33-37-43-49-55-83(114-87(100)57-51-45-39-35-31-27-21-15-9-3)70-85(98)93-78(72-108-63-59-80(95)53-47-41-23-17-11-5)74-112-116(104,105)110-65-61-91-89(102)76-67-77(69-82(97)68-76)90(103)92-62-66-111-117(106,107)113-75-79(73-109-64-60-81(96)54-48-42-24-18-12-6)94-86(99)71-84(56-50-44-38-34-30-26-20-14-8-2)115-88(101)58-52-46-40-36-32-28-22-16-10-4/h35-36,39-40,67-69,78-81,83-84,95-97H,7-34,37-38,41-66,70-75H2,1-6H3,(H,91,102)(H,92,103)(H,93,98)(H,94,99)(H,104,105)(H,106,107)/b39-35+,40-36+/t78?,79?,80-,81-,83?,84?/m1/s1. The first kappa shape index (κ1) is 110. The van der Waals surface area contributed by atoms with E-state index in [1.807, 2.05) is 0 Å². The Morgan fingerprint density at radius 1 is 0.368 bits per heavy atom. The summed E-state index contributed by atoms with van der Waals surface area (Å²) in [7, 11) is -9.73. The van der Waals surface area contributed by atoms with Gasteiger partial charge in [-0.25, -0.2) is 9.13 Å². The number of phosphoric ester groups is 2. The molecule has 117 heavy (non-hydrogen) atoms. The van der Waals surface area contributed by atoms with E-state index in [0.717, 1.165) is 179 Å². The fourth-order valence-corrected chi connectivity index (χ4v) is 14.9. The maximum atomic E-state index is 13.9. The van der Waals surface area contributed by atoms with Crippen molar-refractivity contribution in [2.75, 3.05) is 65.9 Å². The number of phenols is 1. The molecular formula is C90H164N4O21P2. The third-order valence-electron chi connectivity index (χ3n) is 20.4. The van der Waals surface area contributed by atoms with E-state index in [0.29, 0.717) is 51.4 Å². The van der Waals surface area contributed by atoms with Crippen molar-refractivity contribution in [1.29, 1.82) is 0 Å². The molecule has 680 valence electrons. The molecule has 0 saturated heterocycles. The lowest BCUT2D eigenvalue weighted by atomic mass is 10.0. The average Bonchev–Trinajstić information content (AvgIpc) is 0.840. The predicted octanol–water partition coefficient (Wildman–Crippen LogP) is 20.2. The molecule has 0 fully saturated rings. The fourth-order valence-electron chi connectivity index (χ4n) is 13.4. The Morgan fingerprint density at radius 3 is 1.00 bits per heavy atom. The van der Waals surface area contributed by atoms with Crippen molar-refractivity contribution in [3.05, 3.63) is 53.6 Å². The molecule has 0 radical (unpaired) electrons. The van der Waals surface area contributed by atoms with Gasteiger partial charge in [-0.3, -0.25) is 46.9 Å². The SMILES string of the molecule is CCCCCC/C=C/CCCC(=O)OC(CCCCCCCCCCC)CC(=O)NC(COCC[C@H](O)CCCCCCC)COP(=O)(O)OCCNC(=O)c1cc(O)cc(C(=O)NCCOP(=O)(O)OCC(COCC[C@H](O)CCCCCCC)NC(=O)CC(CCCCCCCCCCC)OC(=O)CCC/C=C/CCCCCC)c1. The number of phosphoric acid groups is 2. The van der Waals surface area contributed by atoms with Crippen molar-refractivity contribution in [2.24, 2.45) is 0 Å². The zero-order chi connectivity index (χ0) is 85.9. The van der Waals surface area contributed by atoms with Gasteiger partial charge in [0.15, 0.2) is 0 Å². The van der Waals surface area contributed by atoms with Crippen LogP contribution in [0.4, 0.5) is 0 Å². The first-order valence-corrected chi connectivity index (χ1v) is 49.0. The monoisotopic (exact) mass is 1700 g/mol. The highest BCUT2D eigenvalue weighted by atomic mass is 31.2. The zero-order valence-electron chi connectivity index (χ0n) is 73.5. The quantitative estimate of drug-likeness (QED) is 0.0127. The highest BCUT2D eigenvalue weighted by molar-refractivity contribution is 7.47. The van der Waals surface area contributed by atoms with Crippen LogP contribution in [-0.4, -0.2) is 163 Å². The fraction of sp³-hybridized carbons (Fsp3) is 0.822. The molecule has 27 heteroatoms. The van der Waals surface area contributed by atoms with E-state index in [1.54, 1.807) is 0 Å². The molecule has 1 aromatic rings. The first-order valence-electron chi connectivity index (χ1n) is 46.0. The number of benzene rings is 1. The van der Waals surface area contributed by atoms with Crippen LogP contribution in [-0.2, 0) is 65.4 Å². The summed E-state index contributed by atoms with van der Waals surface area (Å²) < 4.78 is 71.6. The summed E-state index contributed by atoms with van der Waals surface area (Å²) in [6, 6.07) is 1.39. The minimum atomic E-state index is -4.86. The summed E-state index contributed by atoms with van der Waals surface area (Å²) in [5.74, 6) is -3.81. The van der Waals surface area contributed by atoms with Gasteiger partial charge >= 0.3 is 27.6 Å². The van der Waals surface area contributed by atoms with Crippen LogP contribution in [0.25, 0.3) is 0 Å². The Bertz CT molecular complexity index is 2620. The molecule has 9 N–H and O–H groups in total. The van der Waals surface area contributed by atoms with Crippen LogP contribution in [0, 0.1) is 0 Å². The second kappa shape index (κ2) is 76.3. The number of phenolic OH excluding ortho intramolecular Hbond substituents is 1. The number of rotatable bonds is 84. The average molecular weight is 1700 g/mol. The molecule has 0 bridgehead atoms. The normalized spacial score (nSPS) is 14.3. The van der Waals surface area contributed by atoms with Gasteiger partial charge in [0.05, 0.1) is 76.8 Å². The van der Waals surface area contributed by atoms with Crippen LogP contribution in [0.15, 0.2) is 42.5 Å². The van der Waals surface area contributed by atoms with Crippen molar-refractivity contribution in [3.63, 3.8) is 0 Å². The number of hydrogen-bond acceptors (Lipinski definition) is 19. The van der Waals surface area contributed by atoms with Crippen LogP contribution in [0.3, 0.4) is 0 Å². The molecule has 0 saturated carbocycles. The molecule has 0 aliphatic carbocycles. The third-order valence-corrected chi connectivity index (χ3v) is 22.4. The van der Waals surface area contributed by atoms with Crippen molar-refractivity contribution < 1.29 is 100 Å². The number of carbonyl (C=O) groups excluding carboxylic acids is 6. The van der Waals surface area contributed by atoms with Crippen LogP contribution in [0.1, 0.15) is 396 Å². The highest BCUT2D eigenvalue weighted by Gasteiger charge is 2.29. The minimum Gasteiger partial charge on any atom is -0.508 e. The highest BCUT2D eigenvalue weighted by Crippen LogP contribution is 2.44. The molecule has 1 aromatic carbocycles.